The van der Waals surface area contributed by atoms with Gasteiger partial charge in [-0.1, -0.05) is 54.6 Å². The molecule has 1 aliphatic rings. The summed E-state index contributed by atoms with van der Waals surface area (Å²) in [6.07, 6.45) is 1.64. The lowest BCUT2D eigenvalue weighted by atomic mass is 9.77. The second-order valence-corrected chi connectivity index (χ2v) is 8.39. The van der Waals surface area contributed by atoms with Gasteiger partial charge in [-0.2, -0.15) is 0 Å². The zero-order chi connectivity index (χ0) is 22.5. The Kier molecular flexibility index (Phi) is 6.96. The van der Waals surface area contributed by atoms with Gasteiger partial charge in [-0.05, 0) is 65.3 Å². The van der Waals surface area contributed by atoms with Crippen molar-refractivity contribution < 1.29 is 13.6 Å². The first-order chi connectivity index (χ1) is 15.5. The quantitative estimate of drug-likeness (QED) is 0.562. The topological polar surface area (TPSA) is 41.1 Å². The molecule has 3 aromatic rings. The number of rotatable bonds is 6. The van der Waals surface area contributed by atoms with Gasteiger partial charge in [0.25, 0.3) is 0 Å². The van der Waals surface area contributed by atoms with Crippen LogP contribution in [-0.2, 0) is 11.2 Å². The molecule has 1 amide bonds. The Balaban J connectivity index is 1.56. The van der Waals surface area contributed by atoms with E-state index in [0.717, 1.165) is 42.6 Å². The standard InChI is InChI=1S/C27H28F2N2O/c1-18(32)31-15-12-19-4-2-3-5-23(19)20-6-8-21(9-7-20)25-17-30-14-13-24(25)22-10-11-26(28)27(29)16-22/h2-11,16,24-25,30H,12-15,17H2,1H3,(H,31,32)/t24-,25-/m1/s1. The molecule has 0 unspecified atom stereocenters. The normalized spacial score (nSPS) is 18.3. The molecule has 0 radical (unpaired) electrons. The van der Waals surface area contributed by atoms with E-state index in [4.69, 9.17) is 0 Å². The Labute approximate surface area is 187 Å². The van der Waals surface area contributed by atoms with Crippen LogP contribution in [0.4, 0.5) is 8.78 Å². The van der Waals surface area contributed by atoms with Gasteiger partial charge < -0.3 is 10.6 Å². The summed E-state index contributed by atoms with van der Waals surface area (Å²) in [5.41, 5.74) is 5.51. The molecule has 0 spiro atoms. The molecule has 4 rings (SSSR count). The number of hydrogen-bond donors (Lipinski definition) is 2. The van der Waals surface area contributed by atoms with Crippen molar-refractivity contribution in [3.05, 3.63) is 95.1 Å². The lowest BCUT2D eigenvalue weighted by Gasteiger charge is -2.33. The number of halogens is 2. The number of amides is 1. The van der Waals surface area contributed by atoms with E-state index >= 15 is 0 Å². The van der Waals surface area contributed by atoms with Crippen LogP contribution in [0.2, 0.25) is 0 Å². The van der Waals surface area contributed by atoms with Crippen molar-refractivity contribution in [2.45, 2.75) is 31.6 Å². The largest absolute Gasteiger partial charge is 0.356 e. The van der Waals surface area contributed by atoms with E-state index in [9.17, 15) is 13.6 Å². The molecule has 1 fully saturated rings. The monoisotopic (exact) mass is 434 g/mol. The predicted octanol–water partition coefficient (Wildman–Crippen LogP) is 5.17. The van der Waals surface area contributed by atoms with Gasteiger partial charge in [0, 0.05) is 25.9 Å². The fourth-order valence-electron chi connectivity index (χ4n) is 4.65. The molecule has 0 aliphatic carbocycles. The van der Waals surface area contributed by atoms with Crippen molar-refractivity contribution in [2.24, 2.45) is 0 Å². The summed E-state index contributed by atoms with van der Waals surface area (Å²) >= 11 is 0. The van der Waals surface area contributed by atoms with Gasteiger partial charge in [0.1, 0.15) is 0 Å². The molecule has 2 N–H and O–H groups in total. The molecule has 1 aliphatic heterocycles. The SMILES string of the molecule is CC(=O)NCCc1ccccc1-c1ccc([C@H]2CNCC[C@@H]2c2ccc(F)c(F)c2)cc1. The molecule has 3 nitrogen and oxygen atoms in total. The molecule has 32 heavy (non-hydrogen) atoms. The first-order valence-corrected chi connectivity index (χ1v) is 11.1. The van der Waals surface area contributed by atoms with Crippen LogP contribution in [0.25, 0.3) is 11.1 Å². The highest BCUT2D eigenvalue weighted by Crippen LogP contribution is 2.38. The molecule has 1 heterocycles. The van der Waals surface area contributed by atoms with Gasteiger partial charge in [0.05, 0.1) is 0 Å². The average molecular weight is 435 g/mol. The Morgan fingerprint density at radius 2 is 1.72 bits per heavy atom. The molecular formula is C27H28F2N2O. The van der Waals surface area contributed by atoms with E-state index in [0.29, 0.717) is 6.54 Å². The minimum Gasteiger partial charge on any atom is -0.356 e. The summed E-state index contributed by atoms with van der Waals surface area (Å²) in [4.78, 5) is 11.2. The van der Waals surface area contributed by atoms with E-state index in [2.05, 4.69) is 47.0 Å². The number of nitrogens with one attached hydrogen (secondary N) is 2. The van der Waals surface area contributed by atoms with E-state index in [1.54, 1.807) is 6.07 Å². The third-order valence-corrected chi connectivity index (χ3v) is 6.29. The first kappa shape index (κ1) is 22.2. The minimum absolute atomic E-state index is 0.0245. The lowest BCUT2D eigenvalue weighted by molar-refractivity contribution is -0.118. The number of benzene rings is 3. The van der Waals surface area contributed by atoms with E-state index < -0.39 is 11.6 Å². The summed E-state index contributed by atoms with van der Waals surface area (Å²) in [5.74, 6) is -1.28. The molecule has 0 bridgehead atoms. The summed E-state index contributed by atoms with van der Waals surface area (Å²) in [6, 6.07) is 21.1. The Morgan fingerprint density at radius 1 is 0.969 bits per heavy atom. The molecule has 0 aromatic heterocycles. The molecule has 1 saturated heterocycles. The number of hydrogen-bond acceptors (Lipinski definition) is 2. The van der Waals surface area contributed by atoms with Gasteiger partial charge in [-0.25, -0.2) is 8.78 Å². The average Bonchev–Trinajstić information content (AvgIpc) is 2.81. The fourth-order valence-corrected chi connectivity index (χ4v) is 4.65. The van der Waals surface area contributed by atoms with Crippen LogP contribution in [0.15, 0.2) is 66.7 Å². The maximum atomic E-state index is 13.9. The second kappa shape index (κ2) is 10.0. The van der Waals surface area contributed by atoms with Gasteiger partial charge >= 0.3 is 0 Å². The van der Waals surface area contributed by atoms with Gasteiger partial charge in [0.15, 0.2) is 11.6 Å². The summed E-state index contributed by atoms with van der Waals surface area (Å²) in [5, 5.41) is 6.30. The highest BCUT2D eigenvalue weighted by Gasteiger charge is 2.28. The highest BCUT2D eigenvalue weighted by atomic mass is 19.2. The predicted molar refractivity (Wildman–Crippen MR) is 124 cm³/mol. The van der Waals surface area contributed by atoms with Crippen LogP contribution in [0, 0.1) is 11.6 Å². The van der Waals surface area contributed by atoms with Crippen LogP contribution in [0.3, 0.4) is 0 Å². The molecule has 5 heteroatoms. The van der Waals surface area contributed by atoms with Crippen LogP contribution >= 0.6 is 0 Å². The van der Waals surface area contributed by atoms with Crippen LogP contribution in [-0.4, -0.2) is 25.5 Å². The lowest BCUT2D eigenvalue weighted by Crippen LogP contribution is -2.34. The van der Waals surface area contributed by atoms with Gasteiger partial charge in [0.2, 0.25) is 5.91 Å². The molecular weight excluding hydrogens is 406 g/mol. The Bertz CT molecular complexity index is 1080. The van der Waals surface area contributed by atoms with Crippen LogP contribution in [0.1, 0.15) is 41.9 Å². The summed E-state index contributed by atoms with van der Waals surface area (Å²) in [6.45, 7) is 3.79. The van der Waals surface area contributed by atoms with Gasteiger partial charge in [-0.15, -0.1) is 0 Å². The van der Waals surface area contributed by atoms with Crippen molar-refractivity contribution >= 4 is 5.91 Å². The minimum atomic E-state index is -0.805. The second-order valence-electron chi connectivity index (χ2n) is 8.39. The third kappa shape index (κ3) is 5.05. The molecule has 3 aromatic carbocycles. The Morgan fingerprint density at radius 3 is 2.47 bits per heavy atom. The van der Waals surface area contributed by atoms with Crippen LogP contribution < -0.4 is 10.6 Å². The number of carbonyl (C=O) groups is 1. The molecule has 2 atom stereocenters. The van der Waals surface area contributed by atoms with Crippen molar-refractivity contribution in [3.8, 4) is 11.1 Å². The maximum absolute atomic E-state index is 13.9. The van der Waals surface area contributed by atoms with Crippen LogP contribution in [0.5, 0.6) is 0 Å². The first-order valence-electron chi connectivity index (χ1n) is 11.1. The van der Waals surface area contributed by atoms with Crippen molar-refractivity contribution in [1.82, 2.24) is 10.6 Å². The smallest absolute Gasteiger partial charge is 0.216 e. The summed E-state index contributed by atoms with van der Waals surface area (Å²) in [7, 11) is 0. The summed E-state index contributed by atoms with van der Waals surface area (Å²) < 4.78 is 27.3. The zero-order valence-corrected chi connectivity index (χ0v) is 18.2. The fraction of sp³-hybridized carbons (Fsp3) is 0.296. The maximum Gasteiger partial charge on any atom is 0.216 e. The van der Waals surface area contributed by atoms with Crippen molar-refractivity contribution in [2.75, 3.05) is 19.6 Å². The number of carbonyl (C=O) groups excluding carboxylic acids is 1. The highest BCUT2D eigenvalue weighted by molar-refractivity contribution is 5.73. The zero-order valence-electron chi connectivity index (χ0n) is 18.2. The van der Waals surface area contributed by atoms with E-state index in [1.165, 1.54) is 30.2 Å². The molecule has 166 valence electrons. The van der Waals surface area contributed by atoms with Crippen molar-refractivity contribution in [3.63, 3.8) is 0 Å². The molecule has 0 saturated carbocycles. The van der Waals surface area contributed by atoms with Crippen molar-refractivity contribution in [1.29, 1.82) is 0 Å². The Hall–Kier alpha value is -3.05. The number of piperidine rings is 1. The van der Waals surface area contributed by atoms with E-state index in [1.807, 2.05) is 12.1 Å². The van der Waals surface area contributed by atoms with E-state index in [-0.39, 0.29) is 17.7 Å². The van der Waals surface area contributed by atoms with Gasteiger partial charge in [-0.3, -0.25) is 4.79 Å². The third-order valence-electron chi connectivity index (χ3n) is 6.29.